The van der Waals surface area contributed by atoms with Crippen LogP contribution < -0.4 is 5.73 Å². The molecule has 2 bridgehead atoms. The maximum Gasteiger partial charge on any atom is 0.187 e. The molecule has 1 saturated carbocycles. The van der Waals surface area contributed by atoms with E-state index >= 15 is 0 Å². The molecule has 1 aromatic heterocycles. The van der Waals surface area contributed by atoms with Gasteiger partial charge in [-0.1, -0.05) is 11.8 Å². The van der Waals surface area contributed by atoms with Crippen LogP contribution in [0.3, 0.4) is 0 Å². The first-order valence-corrected chi connectivity index (χ1v) is 7.81. The Morgan fingerprint density at radius 1 is 1.20 bits per heavy atom. The highest BCUT2D eigenvalue weighted by atomic mass is 35.5. The molecule has 4 nitrogen and oxygen atoms in total. The van der Waals surface area contributed by atoms with E-state index < -0.39 is 0 Å². The molecule has 7 heteroatoms. The van der Waals surface area contributed by atoms with Crippen LogP contribution in [0.5, 0.6) is 0 Å². The van der Waals surface area contributed by atoms with Crippen molar-refractivity contribution in [3.63, 3.8) is 0 Å². The Morgan fingerprint density at radius 3 is 2.25 bits per heavy atom. The van der Waals surface area contributed by atoms with Crippen molar-refractivity contribution in [3.05, 3.63) is 18.0 Å². The number of halogens is 2. The summed E-state index contributed by atoms with van der Waals surface area (Å²) >= 11 is 1.58. The summed E-state index contributed by atoms with van der Waals surface area (Å²) in [5.74, 6) is 1.41. The van der Waals surface area contributed by atoms with Crippen LogP contribution in [0, 0.1) is 11.8 Å². The van der Waals surface area contributed by atoms with Crippen LogP contribution in [0.4, 0.5) is 0 Å². The Balaban J connectivity index is 0.000001000. The van der Waals surface area contributed by atoms with Gasteiger partial charge < -0.3 is 5.73 Å². The van der Waals surface area contributed by atoms with Gasteiger partial charge in [-0.15, -0.1) is 24.8 Å². The maximum atomic E-state index is 6.22. The normalized spacial score (nSPS) is 28.6. The van der Waals surface area contributed by atoms with Crippen molar-refractivity contribution in [1.82, 2.24) is 14.9 Å². The number of fused-ring (bicyclic) bond motifs is 2. The zero-order valence-corrected chi connectivity index (χ0v) is 14.0. The lowest BCUT2D eigenvalue weighted by molar-refractivity contribution is 0.140. The van der Waals surface area contributed by atoms with Crippen LogP contribution in [0.1, 0.15) is 18.4 Å². The van der Waals surface area contributed by atoms with E-state index in [9.17, 15) is 0 Å². The maximum absolute atomic E-state index is 6.22. The van der Waals surface area contributed by atoms with Gasteiger partial charge in [-0.3, -0.25) is 4.90 Å². The summed E-state index contributed by atoms with van der Waals surface area (Å²) in [5.41, 5.74) is 7.43. The van der Waals surface area contributed by atoms with Gasteiger partial charge in [0.15, 0.2) is 5.16 Å². The number of rotatable bonds is 3. The number of aromatic nitrogens is 2. The summed E-state index contributed by atoms with van der Waals surface area (Å²) < 4.78 is 0. The van der Waals surface area contributed by atoms with E-state index in [2.05, 4.69) is 14.9 Å². The van der Waals surface area contributed by atoms with Crippen molar-refractivity contribution in [3.8, 4) is 0 Å². The van der Waals surface area contributed by atoms with Gasteiger partial charge in [0, 0.05) is 43.6 Å². The highest BCUT2D eigenvalue weighted by Gasteiger charge is 2.39. The number of likely N-dealkylation sites (tertiary alicyclic amines) is 1. The second-order valence-electron chi connectivity index (χ2n) is 5.45. The molecule has 2 N–H and O–H groups in total. The lowest BCUT2D eigenvalue weighted by atomic mass is 9.93. The van der Waals surface area contributed by atoms with Crippen molar-refractivity contribution < 1.29 is 0 Å². The van der Waals surface area contributed by atoms with Crippen LogP contribution in [0.2, 0.25) is 0 Å². The monoisotopic (exact) mass is 336 g/mol. The molecule has 1 aliphatic carbocycles. The molecule has 114 valence electrons. The Morgan fingerprint density at radius 2 is 1.75 bits per heavy atom. The molecular formula is C13H22Cl2N4S. The molecule has 2 heterocycles. The lowest BCUT2D eigenvalue weighted by Gasteiger charge is -2.36. The Labute approximate surface area is 137 Å². The summed E-state index contributed by atoms with van der Waals surface area (Å²) in [6, 6.07) is 0.441. The third-order valence-corrected chi connectivity index (χ3v) is 4.83. The SMILES string of the molecule is CSc1ncc(CN2C[C@H]3CC[C@@H](C2)C3N)cn1.Cl.Cl. The number of nitrogens with two attached hydrogens (primary N) is 1. The van der Waals surface area contributed by atoms with E-state index in [1.807, 2.05) is 18.6 Å². The molecule has 3 rings (SSSR count). The molecule has 0 radical (unpaired) electrons. The first-order valence-electron chi connectivity index (χ1n) is 6.59. The minimum Gasteiger partial charge on any atom is -0.327 e. The molecule has 1 aromatic rings. The van der Waals surface area contributed by atoms with Crippen molar-refractivity contribution in [2.24, 2.45) is 17.6 Å². The van der Waals surface area contributed by atoms with Gasteiger partial charge in [0.05, 0.1) is 0 Å². The molecule has 2 fully saturated rings. The highest BCUT2D eigenvalue weighted by Crippen LogP contribution is 2.35. The van der Waals surface area contributed by atoms with Crippen LogP contribution >= 0.6 is 36.6 Å². The molecule has 1 unspecified atom stereocenters. The molecule has 3 atom stereocenters. The smallest absolute Gasteiger partial charge is 0.187 e. The van der Waals surface area contributed by atoms with Crippen molar-refractivity contribution >= 4 is 36.6 Å². The summed E-state index contributed by atoms with van der Waals surface area (Å²) in [6.45, 7) is 3.25. The van der Waals surface area contributed by atoms with Crippen LogP contribution in [-0.4, -0.2) is 40.3 Å². The fourth-order valence-corrected chi connectivity index (χ4v) is 3.60. The highest BCUT2D eigenvalue weighted by molar-refractivity contribution is 7.98. The Hall–Kier alpha value is -0.0700. The molecule has 20 heavy (non-hydrogen) atoms. The van der Waals surface area contributed by atoms with E-state index in [4.69, 9.17) is 5.73 Å². The number of hydrogen-bond acceptors (Lipinski definition) is 5. The zero-order valence-electron chi connectivity index (χ0n) is 11.6. The van der Waals surface area contributed by atoms with Gasteiger partial charge in [0.1, 0.15) is 0 Å². The fraction of sp³-hybridized carbons (Fsp3) is 0.692. The molecule has 1 saturated heterocycles. The van der Waals surface area contributed by atoms with E-state index in [1.165, 1.54) is 18.4 Å². The minimum atomic E-state index is 0. The number of piperidine rings is 1. The van der Waals surface area contributed by atoms with Gasteiger partial charge in [0.2, 0.25) is 0 Å². The van der Waals surface area contributed by atoms with Crippen LogP contribution in [0.15, 0.2) is 17.6 Å². The van der Waals surface area contributed by atoms with Crippen molar-refractivity contribution in [2.45, 2.75) is 30.6 Å². The standard InChI is InChI=1S/C13H20N4S.2ClH/c1-18-13-15-4-9(5-16-13)6-17-7-10-2-3-11(8-17)12(10)14;;/h4-5,10-12H,2-3,6-8,14H2,1H3;2*1H/t10-,11+,12?;;. The minimum absolute atomic E-state index is 0. The third kappa shape index (κ3) is 3.77. The third-order valence-electron chi connectivity index (χ3n) is 4.25. The van der Waals surface area contributed by atoms with E-state index in [1.54, 1.807) is 11.8 Å². The molecule has 2 aliphatic rings. The lowest BCUT2D eigenvalue weighted by Crippen LogP contribution is -2.48. The fourth-order valence-electron chi connectivity index (χ4n) is 3.28. The van der Waals surface area contributed by atoms with Gasteiger partial charge in [-0.25, -0.2) is 9.97 Å². The quantitative estimate of drug-likeness (QED) is 0.677. The summed E-state index contributed by atoms with van der Waals surface area (Å²) in [6.07, 6.45) is 8.53. The molecule has 1 aliphatic heterocycles. The van der Waals surface area contributed by atoms with Crippen LogP contribution in [-0.2, 0) is 6.54 Å². The number of thioether (sulfide) groups is 1. The van der Waals surface area contributed by atoms with Crippen molar-refractivity contribution in [2.75, 3.05) is 19.3 Å². The Bertz CT molecular complexity index is 403. The van der Waals surface area contributed by atoms with Crippen LogP contribution in [0.25, 0.3) is 0 Å². The second kappa shape index (κ2) is 7.80. The predicted molar refractivity (Wildman–Crippen MR) is 87.8 cm³/mol. The molecular weight excluding hydrogens is 315 g/mol. The van der Waals surface area contributed by atoms with Gasteiger partial charge in [-0.2, -0.15) is 0 Å². The Kier molecular flexibility index (Phi) is 7.01. The largest absolute Gasteiger partial charge is 0.327 e. The number of nitrogens with zero attached hydrogens (tertiary/aromatic N) is 3. The van der Waals surface area contributed by atoms with Gasteiger partial charge in [0.25, 0.3) is 0 Å². The van der Waals surface area contributed by atoms with E-state index in [0.29, 0.717) is 17.9 Å². The van der Waals surface area contributed by atoms with E-state index in [-0.39, 0.29) is 24.8 Å². The first kappa shape index (κ1) is 18.0. The molecule has 0 amide bonds. The molecule has 0 aromatic carbocycles. The average molecular weight is 337 g/mol. The van der Waals surface area contributed by atoms with Gasteiger partial charge >= 0.3 is 0 Å². The topological polar surface area (TPSA) is 55.0 Å². The van der Waals surface area contributed by atoms with Crippen molar-refractivity contribution in [1.29, 1.82) is 0 Å². The zero-order chi connectivity index (χ0) is 12.5. The summed E-state index contributed by atoms with van der Waals surface area (Å²) in [7, 11) is 0. The predicted octanol–water partition coefficient (Wildman–Crippen LogP) is 2.21. The summed E-state index contributed by atoms with van der Waals surface area (Å²) in [4.78, 5) is 11.2. The number of hydrogen-bond donors (Lipinski definition) is 1. The van der Waals surface area contributed by atoms with Gasteiger partial charge in [-0.05, 0) is 30.9 Å². The first-order chi connectivity index (χ1) is 8.76. The van der Waals surface area contributed by atoms with E-state index in [0.717, 1.165) is 24.8 Å². The second-order valence-corrected chi connectivity index (χ2v) is 6.22. The molecule has 0 spiro atoms. The summed E-state index contributed by atoms with van der Waals surface area (Å²) in [5, 5.41) is 0.847. The average Bonchev–Trinajstić information content (AvgIpc) is 2.63.